The first kappa shape index (κ1) is 11.4. The van der Waals surface area contributed by atoms with Crippen LogP contribution in [0.1, 0.15) is 24.1 Å². The minimum absolute atomic E-state index is 0.561. The van der Waals surface area contributed by atoms with Gasteiger partial charge in [0.1, 0.15) is 5.84 Å². The van der Waals surface area contributed by atoms with E-state index in [4.69, 9.17) is 16.9 Å². The van der Waals surface area contributed by atoms with E-state index >= 15 is 0 Å². The number of rotatable bonds is 2. The van der Waals surface area contributed by atoms with Gasteiger partial charge in [-0.25, -0.2) is 4.98 Å². The summed E-state index contributed by atoms with van der Waals surface area (Å²) in [6.07, 6.45) is 6.80. The van der Waals surface area contributed by atoms with Crippen LogP contribution in [0.15, 0.2) is 11.2 Å². The summed E-state index contributed by atoms with van der Waals surface area (Å²) in [7, 11) is 0. The van der Waals surface area contributed by atoms with Crippen LogP contribution in [0.4, 0.5) is 0 Å². The Morgan fingerprint density at radius 2 is 2.50 bits per heavy atom. The van der Waals surface area contributed by atoms with Crippen molar-refractivity contribution in [1.82, 2.24) is 9.88 Å². The van der Waals surface area contributed by atoms with Crippen LogP contribution in [0.5, 0.6) is 0 Å². The molecule has 1 aliphatic heterocycles. The minimum Gasteiger partial charge on any atom is -0.354 e. The number of amidine groups is 1. The molecule has 0 spiro atoms. The van der Waals surface area contributed by atoms with Gasteiger partial charge < -0.3 is 4.90 Å². The average Bonchev–Trinajstić information content (AvgIpc) is 2.67. The second-order valence-corrected chi connectivity index (χ2v) is 5.28. The number of halogens is 1. The Kier molecular flexibility index (Phi) is 3.75. The average molecular weight is 255 g/mol. The number of nitrogens with zero attached hydrogens (tertiary/aromatic N) is 4. The summed E-state index contributed by atoms with van der Waals surface area (Å²) >= 11 is 7.26. The summed E-state index contributed by atoms with van der Waals surface area (Å²) in [5.74, 6) is 0.887. The summed E-state index contributed by atoms with van der Waals surface area (Å²) in [5, 5.41) is 8.61. The van der Waals surface area contributed by atoms with Crippen molar-refractivity contribution in [1.29, 1.82) is 5.26 Å². The lowest BCUT2D eigenvalue weighted by atomic mass is 10.1. The molecule has 6 heteroatoms. The van der Waals surface area contributed by atoms with Gasteiger partial charge in [0.2, 0.25) is 6.19 Å². The first-order valence-electron chi connectivity index (χ1n) is 5.10. The lowest BCUT2D eigenvalue weighted by molar-refractivity contribution is 0.366. The predicted octanol–water partition coefficient (Wildman–Crippen LogP) is 2.66. The Bertz CT molecular complexity index is 434. The van der Waals surface area contributed by atoms with Crippen molar-refractivity contribution in [2.45, 2.75) is 25.8 Å². The summed E-state index contributed by atoms with van der Waals surface area (Å²) in [5.41, 5.74) is 0. The number of aromatic nitrogens is 1. The topological polar surface area (TPSA) is 52.3 Å². The molecule has 0 bridgehead atoms. The molecule has 2 rings (SSSR count). The van der Waals surface area contributed by atoms with E-state index in [1.165, 1.54) is 11.3 Å². The Morgan fingerprint density at radius 3 is 3.19 bits per heavy atom. The van der Waals surface area contributed by atoms with Gasteiger partial charge in [-0.3, -0.25) is 0 Å². The number of nitriles is 1. The zero-order valence-corrected chi connectivity index (χ0v) is 10.3. The van der Waals surface area contributed by atoms with Crippen molar-refractivity contribution in [3.63, 3.8) is 0 Å². The molecule has 1 fully saturated rings. The molecule has 0 aromatic carbocycles. The summed E-state index contributed by atoms with van der Waals surface area (Å²) < 4.78 is 0.561. The third-order valence-electron chi connectivity index (χ3n) is 2.49. The molecule has 4 nitrogen and oxygen atoms in total. The highest BCUT2D eigenvalue weighted by Gasteiger charge is 2.17. The van der Waals surface area contributed by atoms with Crippen molar-refractivity contribution in [3.05, 3.63) is 15.5 Å². The third-order valence-corrected chi connectivity index (χ3v) is 3.59. The molecule has 0 radical (unpaired) electrons. The van der Waals surface area contributed by atoms with Crippen LogP contribution >= 0.6 is 22.9 Å². The summed E-state index contributed by atoms with van der Waals surface area (Å²) in [6.45, 7) is 1.71. The molecular weight excluding hydrogens is 244 g/mol. The lowest BCUT2D eigenvalue weighted by Crippen LogP contribution is -2.34. The van der Waals surface area contributed by atoms with Gasteiger partial charge in [-0.2, -0.15) is 10.3 Å². The van der Waals surface area contributed by atoms with Crippen LogP contribution in [-0.2, 0) is 6.54 Å². The number of piperidine rings is 1. The van der Waals surface area contributed by atoms with E-state index in [0.29, 0.717) is 4.47 Å². The van der Waals surface area contributed by atoms with Gasteiger partial charge in [0.25, 0.3) is 0 Å². The molecule has 0 amide bonds. The number of hydrogen-bond donors (Lipinski definition) is 0. The minimum atomic E-state index is 0.561. The molecule has 0 atom stereocenters. The van der Waals surface area contributed by atoms with Crippen LogP contribution in [0, 0.1) is 11.5 Å². The Hall–Kier alpha value is -1.12. The standard InChI is InChI=1S/C10H11ClN4S/c11-10-13-5-8(16-10)6-15-4-2-1-3-9(15)14-7-12/h5H,1-4,6H2. The molecule has 1 aromatic heterocycles. The fourth-order valence-electron chi connectivity index (χ4n) is 1.77. The van der Waals surface area contributed by atoms with Gasteiger partial charge in [0, 0.05) is 24.0 Å². The van der Waals surface area contributed by atoms with Crippen molar-refractivity contribution in [3.8, 4) is 6.19 Å². The van der Waals surface area contributed by atoms with Gasteiger partial charge in [-0.15, -0.1) is 11.3 Å². The third kappa shape index (κ3) is 2.71. The zero-order valence-electron chi connectivity index (χ0n) is 8.69. The lowest BCUT2D eigenvalue weighted by Gasteiger charge is -2.28. The number of aliphatic imine (C=N–C) groups is 1. The molecule has 0 N–H and O–H groups in total. The van der Waals surface area contributed by atoms with E-state index in [2.05, 4.69) is 14.9 Å². The van der Waals surface area contributed by atoms with Crippen LogP contribution < -0.4 is 0 Å². The quantitative estimate of drug-likeness (QED) is 0.763. The Balaban J connectivity index is 2.07. The molecule has 1 aliphatic rings. The van der Waals surface area contributed by atoms with Crippen LogP contribution in [0.2, 0.25) is 4.47 Å². The number of hydrogen-bond acceptors (Lipinski definition) is 4. The Labute approximate surface area is 103 Å². The van der Waals surface area contributed by atoms with Gasteiger partial charge >= 0.3 is 0 Å². The SMILES string of the molecule is N#CN=C1CCCCN1Cc1cnc(Cl)s1. The highest BCUT2D eigenvalue weighted by molar-refractivity contribution is 7.15. The van der Waals surface area contributed by atoms with E-state index in [1.54, 1.807) is 6.20 Å². The fraction of sp³-hybridized carbons (Fsp3) is 0.500. The van der Waals surface area contributed by atoms with E-state index in [-0.39, 0.29) is 0 Å². The van der Waals surface area contributed by atoms with Crippen molar-refractivity contribution in [2.24, 2.45) is 4.99 Å². The van der Waals surface area contributed by atoms with Gasteiger partial charge in [0.05, 0.1) is 6.54 Å². The Morgan fingerprint density at radius 1 is 1.62 bits per heavy atom. The van der Waals surface area contributed by atoms with E-state index in [9.17, 15) is 0 Å². The second-order valence-electron chi connectivity index (χ2n) is 3.59. The smallest absolute Gasteiger partial charge is 0.207 e. The van der Waals surface area contributed by atoms with Gasteiger partial charge in [-0.05, 0) is 12.8 Å². The van der Waals surface area contributed by atoms with Crippen molar-refractivity contribution in [2.75, 3.05) is 6.54 Å². The zero-order chi connectivity index (χ0) is 11.4. The molecular formula is C10H11ClN4S. The normalized spacial score (nSPS) is 18.8. The number of thiazole rings is 1. The van der Waals surface area contributed by atoms with E-state index < -0.39 is 0 Å². The summed E-state index contributed by atoms with van der Waals surface area (Å²) in [6, 6.07) is 0. The van der Waals surface area contributed by atoms with Gasteiger partial charge in [-0.1, -0.05) is 11.6 Å². The molecule has 2 heterocycles. The molecule has 0 saturated carbocycles. The maximum Gasteiger partial charge on any atom is 0.207 e. The monoisotopic (exact) mass is 254 g/mol. The molecule has 1 aromatic rings. The second kappa shape index (κ2) is 5.28. The van der Waals surface area contributed by atoms with E-state index in [0.717, 1.165) is 43.1 Å². The van der Waals surface area contributed by atoms with Crippen LogP contribution in [-0.4, -0.2) is 22.3 Å². The first-order chi connectivity index (χ1) is 7.79. The largest absolute Gasteiger partial charge is 0.354 e. The molecule has 1 saturated heterocycles. The van der Waals surface area contributed by atoms with Crippen molar-refractivity contribution >= 4 is 28.8 Å². The fourth-order valence-corrected chi connectivity index (χ4v) is 2.77. The van der Waals surface area contributed by atoms with Crippen molar-refractivity contribution < 1.29 is 0 Å². The number of likely N-dealkylation sites (tertiary alicyclic amines) is 1. The van der Waals surface area contributed by atoms with Gasteiger partial charge in [0.15, 0.2) is 4.47 Å². The molecule has 0 unspecified atom stereocenters. The summed E-state index contributed by atoms with van der Waals surface area (Å²) in [4.78, 5) is 11.1. The maximum atomic E-state index is 8.61. The molecule has 84 valence electrons. The highest BCUT2D eigenvalue weighted by atomic mass is 35.5. The molecule has 0 aliphatic carbocycles. The van der Waals surface area contributed by atoms with Crippen LogP contribution in [0.3, 0.4) is 0 Å². The predicted molar refractivity (Wildman–Crippen MR) is 64.4 cm³/mol. The first-order valence-corrected chi connectivity index (χ1v) is 6.30. The highest BCUT2D eigenvalue weighted by Crippen LogP contribution is 2.22. The maximum absolute atomic E-state index is 8.61. The van der Waals surface area contributed by atoms with Crippen LogP contribution in [0.25, 0.3) is 0 Å². The molecule has 16 heavy (non-hydrogen) atoms. The van der Waals surface area contributed by atoms with E-state index in [1.807, 2.05) is 6.19 Å².